The van der Waals surface area contributed by atoms with Gasteiger partial charge in [-0.2, -0.15) is 4.31 Å². The van der Waals surface area contributed by atoms with E-state index in [1.54, 1.807) is 30.3 Å². The number of para-hydroxylation sites is 2. The zero-order chi connectivity index (χ0) is 31.1. The second kappa shape index (κ2) is 14.1. The number of anilines is 1. The molecule has 234 valence electrons. The predicted octanol–water partition coefficient (Wildman–Crippen LogP) is 4.18. The van der Waals surface area contributed by atoms with Crippen molar-refractivity contribution in [1.29, 1.82) is 0 Å². The van der Waals surface area contributed by atoms with Crippen LogP contribution in [0.1, 0.15) is 37.7 Å². The molecule has 0 bridgehead atoms. The number of hydrogen-bond donors (Lipinski definition) is 1. The number of benzene rings is 3. The number of carbonyl (C=O) groups is 2. The highest BCUT2D eigenvalue weighted by Crippen LogP contribution is 2.36. The number of methoxy groups -OCH3 is 2. The highest BCUT2D eigenvalue weighted by molar-refractivity contribution is 7.89. The molecule has 2 aliphatic rings. The largest absolute Gasteiger partial charge is 0.493 e. The molecule has 3 aromatic carbocycles. The summed E-state index contributed by atoms with van der Waals surface area (Å²) in [6, 6.07) is 20.9. The number of hydrogen-bond acceptors (Lipinski definition) is 7. The first-order valence-electron chi connectivity index (χ1n) is 14.9. The van der Waals surface area contributed by atoms with Crippen LogP contribution in [0.2, 0.25) is 0 Å². The monoisotopic (exact) mass is 621 g/mol. The van der Waals surface area contributed by atoms with E-state index in [4.69, 9.17) is 14.2 Å². The summed E-state index contributed by atoms with van der Waals surface area (Å²) < 4.78 is 46.3. The molecule has 0 saturated heterocycles. The smallest absolute Gasteiger partial charge is 0.262 e. The van der Waals surface area contributed by atoms with Crippen LogP contribution in [0.5, 0.6) is 17.2 Å². The summed E-state index contributed by atoms with van der Waals surface area (Å²) in [7, 11) is -1.17. The van der Waals surface area contributed by atoms with Crippen LogP contribution in [0, 0.1) is 0 Å². The molecular weight excluding hydrogens is 582 g/mol. The number of nitrogens with zero attached hydrogens (tertiary/aromatic N) is 2. The van der Waals surface area contributed by atoms with Gasteiger partial charge in [0, 0.05) is 18.7 Å². The van der Waals surface area contributed by atoms with Gasteiger partial charge in [0.25, 0.3) is 5.91 Å². The number of rotatable bonds is 11. The Morgan fingerprint density at radius 1 is 0.932 bits per heavy atom. The average molecular weight is 622 g/mol. The third kappa shape index (κ3) is 7.00. The van der Waals surface area contributed by atoms with Gasteiger partial charge in [-0.3, -0.25) is 9.59 Å². The molecule has 5 rings (SSSR count). The molecule has 11 heteroatoms. The molecule has 1 atom stereocenters. The van der Waals surface area contributed by atoms with Gasteiger partial charge < -0.3 is 24.4 Å². The molecule has 0 unspecified atom stereocenters. The standard InChI is InChI=1S/C33H39N3O7S/c1-41-29-18-17-26(21-30(29)42-2)44(39,40)36(25-13-7-4-8-14-25)23-32(37)35-22-31(43-28-16-10-9-15-27(28)35)33(38)34-20-19-24-11-5-3-6-12-24/h3,5-6,9-12,15-18,21,25,31H,4,7-8,13-14,19-20,22-23H2,1-2H3,(H,34,38)/t31-/m0/s1. The van der Waals surface area contributed by atoms with Crippen LogP contribution in [0.4, 0.5) is 5.69 Å². The molecule has 3 aromatic rings. The van der Waals surface area contributed by atoms with Crippen molar-refractivity contribution in [2.75, 3.05) is 38.8 Å². The van der Waals surface area contributed by atoms with Crippen molar-refractivity contribution < 1.29 is 32.2 Å². The molecule has 2 amide bonds. The lowest BCUT2D eigenvalue weighted by Crippen LogP contribution is -2.54. The Balaban J connectivity index is 1.38. The summed E-state index contributed by atoms with van der Waals surface area (Å²) in [5.74, 6) is 0.312. The second-order valence-electron chi connectivity index (χ2n) is 11.0. The van der Waals surface area contributed by atoms with E-state index in [1.807, 2.05) is 30.3 Å². The van der Waals surface area contributed by atoms with Gasteiger partial charge in [-0.05, 0) is 49.1 Å². The minimum absolute atomic E-state index is 0.0200. The van der Waals surface area contributed by atoms with Crippen molar-refractivity contribution in [1.82, 2.24) is 9.62 Å². The van der Waals surface area contributed by atoms with Gasteiger partial charge in [0.15, 0.2) is 17.6 Å². The van der Waals surface area contributed by atoms with E-state index in [2.05, 4.69) is 5.32 Å². The molecule has 0 radical (unpaired) electrons. The zero-order valence-electron chi connectivity index (χ0n) is 25.1. The van der Waals surface area contributed by atoms with Crippen LogP contribution < -0.4 is 24.4 Å². The lowest BCUT2D eigenvalue weighted by Gasteiger charge is -2.37. The van der Waals surface area contributed by atoms with E-state index in [9.17, 15) is 18.0 Å². The summed E-state index contributed by atoms with van der Waals surface area (Å²) in [6.45, 7) is -0.00270. The molecule has 1 heterocycles. The van der Waals surface area contributed by atoms with Crippen LogP contribution in [-0.2, 0) is 26.0 Å². The summed E-state index contributed by atoms with van der Waals surface area (Å²) in [5, 5.41) is 2.92. The maximum Gasteiger partial charge on any atom is 0.262 e. The lowest BCUT2D eigenvalue weighted by atomic mass is 9.95. The molecule has 0 spiro atoms. The van der Waals surface area contributed by atoms with Crippen molar-refractivity contribution in [3.63, 3.8) is 0 Å². The molecule has 44 heavy (non-hydrogen) atoms. The molecule has 1 N–H and O–H groups in total. The van der Waals surface area contributed by atoms with Gasteiger partial charge >= 0.3 is 0 Å². The van der Waals surface area contributed by atoms with Gasteiger partial charge in [0.1, 0.15) is 5.75 Å². The first-order chi connectivity index (χ1) is 21.3. The highest BCUT2D eigenvalue weighted by atomic mass is 32.2. The fraction of sp³-hybridized carbons (Fsp3) is 0.394. The van der Waals surface area contributed by atoms with Gasteiger partial charge in [-0.15, -0.1) is 0 Å². The van der Waals surface area contributed by atoms with Crippen LogP contribution in [0.15, 0.2) is 77.7 Å². The second-order valence-corrected chi connectivity index (χ2v) is 12.9. The van der Waals surface area contributed by atoms with Crippen LogP contribution in [0.3, 0.4) is 0 Å². The Bertz CT molecular complexity index is 1560. The third-order valence-corrected chi connectivity index (χ3v) is 10.1. The number of sulfonamides is 1. The first kappa shape index (κ1) is 31.3. The van der Waals surface area contributed by atoms with E-state index in [0.29, 0.717) is 43.0 Å². The maximum atomic E-state index is 14.1. The Morgan fingerprint density at radius 3 is 2.36 bits per heavy atom. The molecule has 1 aliphatic carbocycles. The van der Waals surface area contributed by atoms with Crippen LogP contribution in [-0.4, -0.2) is 70.5 Å². The van der Waals surface area contributed by atoms with Crippen molar-refractivity contribution in [2.24, 2.45) is 0 Å². The normalized spacial score (nSPS) is 17.0. The number of fused-ring (bicyclic) bond motifs is 1. The quantitative estimate of drug-likeness (QED) is 0.342. The van der Waals surface area contributed by atoms with Gasteiger partial charge in [-0.25, -0.2) is 8.42 Å². The van der Waals surface area contributed by atoms with Crippen molar-refractivity contribution in [3.05, 3.63) is 78.4 Å². The topological polar surface area (TPSA) is 114 Å². The lowest BCUT2D eigenvalue weighted by molar-refractivity contribution is -0.128. The van der Waals surface area contributed by atoms with E-state index in [0.717, 1.165) is 24.8 Å². The van der Waals surface area contributed by atoms with Crippen LogP contribution >= 0.6 is 0 Å². The fourth-order valence-electron chi connectivity index (χ4n) is 5.81. The molecule has 1 saturated carbocycles. The Morgan fingerprint density at radius 2 is 1.64 bits per heavy atom. The number of nitrogens with one attached hydrogen (secondary N) is 1. The van der Waals surface area contributed by atoms with Gasteiger partial charge in [-0.1, -0.05) is 61.7 Å². The molecule has 1 aliphatic heterocycles. The highest BCUT2D eigenvalue weighted by Gasteiger charge is 2.39. The minimum Gasteiger partial charge on any atom is -0.493 e. The van der Waals surface area contributed by atoms with Gasteiger partial charge in [0.05, 0.1) is 37.9 Å². The summed E-state index contributed by atoms with van der Waals surface area (Å²) in [6.07, 6.45) is 3.80. The van der Waals surface area contributed by atoms with Crippen molar-refractivity contribution in [2.45, 2.75) is 55.6 Å². The van der Waals surface area contributed by atoms with E-state index in [-0.39, 0.29) is 35.7 Å². The zero-order valence-corrected chi connectivity index (χ0v) is 25.9. The Hall–Kier alpha value is -4.09. The Kier molecular flexibility index (Phi) is 10.1. The van der Waals surface area contributed by atoms with E-state index >= 15 is 0 Å². The van der Waals surface area contributed by atoms with Crippen LogP contribution in [0.25, 0.3) is 0 Å². The third-order valence-electron chi connectivity index (χ3n) is 8.16. The van der Waals surface area contributed by atoms with E-state index < -0.39 is 22.0 Å². The minimum atomic E-state index is -4.10. The molecule has 0 aromatic heterocycles. The van der Waals surface area contributed by atoms with E-state index in [1.165, 1.54) is 35.6 Å². The summed E-state index contributed by atoms with van der Waals surface area (Å²) >= 11 is 0. The number of amides is 2. The first-order valence-corrected chi connectivity index (χ1v) is 16.4. The molecule has 10 nitrogen and oxygen atoms in total. The number of carbonyl (C=O) groups excluding carboxylic acids is 2. The summed E-state index contributed by atoms with van der Waals surface area (Å²) in [5.41, 5.74) is 1.59. The maximum absolute atomic E-state index is 14.1. The summed E-state index contributed by atoms with van der Waals surface area (Å²) in [4.78, 5) is 28.8. The molecular formula is C33H39N3O7S. The number of ether oxygens (including phenoxy) is 3. The van der Waals surface area contributed by atoms with Crippen molar-refractivity contribution >= 4 is 27.5 Å². The van der Waals surface area contributed by atoms with Crippen molar-refractivity contribution in [3.8, 4) is 17.2 Å². The Labute approximate surface area is 259 Å². The SMILES string of the molecule is COc1ccc(S(=O)(=O)N(CC(=O)N2C[C@@H](C(=O)NCCc3ccccc3)Oc3ccccc32)C2CCCCC2)cc1OC. The molecule has 1 fully saturated rings. The fourth-order valence-corrected chi connectivity index (χ4v) is 7.46. The predicted molar refractivity (Wildman–Crippen MR) is 167 cm³/mol. The average Bonchev–Trinajstić information content (AvgIpc) is 3.06. The van der Waals surface area contributed by atoms with Gasteiger partial charge in [0.2, 0.25) is 15.9 Å².